The number of hydrogen-bond acceptors (Lipinski definition) is 4. The second kappa shape index (κ2) is 12.1. The molecule has 1 aromatic heterocycles. The molecule has 0 amide bonds. The lowest BCUT2D eigenvalue weighted by molar-refractivity contribution is -0.117. The average Bonchev–Trinajstić information content (AvgIpc) is 3.16. The molecule has 0 saturated heterocycles. The molecule has 0 aliphatic heterocycles. The molecule has 0 radical (unpaired) electrons. The average molecular weight is 469 g/mol. The summed E-state index contributed by atoms with van der Waals surface area (Å²) in [6.07, 6.45) is 14.3. The summed E-state index contributed by atoms with van der Waals surface area (Å²) in [4.78, 5) is 13.5. The lowest BCUT2D eigenvalue weighted by Crippen LogP contribution is -2.17. The molecule has 1 aliphatic carbocycles. The number of aliphatic hydroxyl groups is 2. The molecule has 1 heterocycles. The van der Waals surface area contributed by atoms with Gasteiger partial charge in [0.2, 0.25) is 0 Å². The zero-order valence-electron chi connectivity index (χ0n) is 16.9. The largest absolute Gasteiger partial charge is 0.393 e. The maximum absolute atomic E-state index is 11.0. The molecular formula is C23H33BrO3S. The van der Waals surface area contributed by atoms with Crippen LogP contribution < -0.4 is 0 Å². The molecule has 0 spiro atoms. The van der Waals surface area contributed by atoms with E-state index in [0.29, 0.717) is 12.3 Å². The number of carbonyl (C=O) groups is 1. The molecule has 5 heteroatoms. The third-order valence-electron chi connectivity index (χ3n) is 5.49. The number of ketones is 1. The van der Waals surface area contributed by atoms with Crippen molar-refractivity contribution < 1.29 is 15.0 Å². The third-order valence-corrected chi connectivity index (χ3v) is 7.69. The van der Waals surface area contributed by atoms with Gasteiger partial charge in [-0.25, -0.2) is 0 Å². The number of aryl methyl sites for hydroxylation is 2. The Hall–Kier alpha value is -0.750. The molecule has 4 atom stereocenters. The zero-order valence-corrected chi connectivity index (χ0v) is 19.3. The fourth-order valence-electron chi connectivity index (χ4n) is 3.79. The fraction of sp³-hybridized carbons (Fsp3) is 0.609. The Morgan fingerprint density at radius 2 is 2.18 bits per heavy atom. The van der Waals surface area contributed by atoms with E-state index in [0.717, 1.165) is 49.4 Å². The zero-order chi connectivity index (χ0) is 20.5. The van der Waals surface area contributed by atoms with Gasteiger partial charge in [0.15, 0.2) is 0 Å². The molecule has 3 nitrogen and oxygen atoms in total. The van der Waals surface area contributed by atoms with Crippen LogP contribution in [0.3, 0.4) is 0 Å². The van der Waals surface area contributed by atoms with Gasteiger partial charge in [-0.3, -0.25) is 0 Å². The summed E-state index contributed by atoms with van der Waals surface area (Å²) in [5, 5.41) is 20.6. The summed E-state index contributed by atoms with van der Waals surface area (Å²) in [5.41, 5.74) is 0. The van der Waals surface area contributed by atoms with E-state index in [4.69, 9.17) is 0 Å². The van der Waals surface area contributed by atoms with E-state index in [1.54, 1.807) is 18.3 Å². The SMILES string of the molecule is CC(=O)CCC/C=C\CC1C(O)CC[C@@H]1/C=C/[C@@H](O)CCc1cc(Br)c(C)s1. The standard InChI is InChI=1S/C23H33BrO3S/c1-16(25)7-5-3-4-6-8-21-18(10-14-23(21)27)9-11-19(26)12-13-20-15-22(24)17(2)28-20/h4,6,9,11,15,18-19,21,23,26-27H,3,5,7-8,10,12-14H2,1-2H3/b6-4-,11-9+/t18-,19+,21?,23?/m0/s1. The van der Waals surface area contributed by atoms with Crippen molar-refractivity contribution in [3.8, 4) is 0 Å². The minimum Gasteiger partial charge on any atom is -0.393 e. The van der Waals surface area contributed by atoms with Gasteiger partial charge in [0.1, 0.15) is 5.78 Å². The highest BCUT2D eigenvalue weighted by Gasteiger charge is 2.32. The van der Waals surface area contributed by atoms with Gasteiger partial charge in [-0.15, -0.1) is 11.3 Å². The smallest absolute Gasteiger partial charge is 0.129 e. The van der Waals surface area contributed by atoms with Crippen molar-refractivity contribution in [1.29, 1.82) is 0 Å². The predicted molar refractivity (Wildman–Crippen MR) is 121 cm³/mol. The molecule has 1 aromatic rings. The monoisotopic (exact) mass is 468 g/mol. The van der Waals surface area contributed by atoms with Crippen LogP contribution in [0.4, 0.5) is 0 Å². The number of allylic oxidation sites excluding steroid dienone is 3. The van der Waals surface area contributed by atoms with E-state index in [9.17, 15) is 15.0 Å². The van der Waals surface area contributed by atoms with E-state index in [2.05, 4.69) is 47.1 Å². The van der Waals surface area contributed by atoms with Gasteiger partial charge in [-0.05, 0) is 92.6 Å². The van der Waals surface area contributed by atoms with E-state index in [1.165, 1.54) is 9.75 Å². The fourth-order valence-corrected chi connectivity index (χ4v) is 5.40. The maximum atomic E-state index is 11.0. The number of unbranched alkanes of at least 4 members (excludes halogenated alkanes) is 1. The highest BCUT2D eigenvalue weighted by atomic mass is 79.9. The molecule has 156 valence electrons. The van der Waals surface area contributed by atoms with Gasteiger partial charge in [-0.1, -0.05) is 24.3 Å². The first kappa shape index (κ1) is 23.5. The molecule has 0 aromatic carbocycles. The molecule has 2 unspecified atom stereocenters. The number of hydrogen-bond donors (Lipinski definition) is 2. The van der Waals surface area contributed by atoms with E-state index < -0.39 is 6.10 Å². The van der Waals surface area contributed by atoms with Crippen LogP contribution in [0, 0.1) is 18.8 Å². The Labute approximate surface area is 181 Å². The molecule has 2 N–H and O–H groups in total. The van der Waals surface area contributed by atoms with Crippen LogP contribution in [0.5, 0.6) is 0 Å². The van der Waals surface area contributed by atoms with Crippen LogP contribution in [0.25, 0.3) is 0 Å². The predicted octanol–water partition coefficient (Wildman–Crippen LogP) is 5.76. The number of Topliss-reactive ketones (excluding diaryl/α,β-unsaturated/α-hetero) is 1. The van der Waals surface area contributed by atoms with Crippen molar-refractivity contribution in [1.82, 2.24) is 0 Å². The Balaban J connectivity index is 1.76. The van der Waals surface area contributed by atoms with Gasteiger partial charge in [0.05, 0.1) is 12.2 Å². The molecule has 1 aliphatic rings. The molecule has 1 saturated carbocycles. The van der Waals surface area contributed by atoms with Crippen LogP contribution in [0.2, 0.25) is 0 Å². The van der Waals surface area contributed by atoms with Crippen molar-refractivity contribution in [3.63, 3.8) is 0 Å². The van der Waals surface area contributed by atoms with Crippen LogP contribution in [-0.2, 0) is 11.2 Å². The Bertz CT molecular complexity index is 660. The summed E-state index contributed by atoms with van der Waals surface area (Å²) in [7, 11) is 0. The summed E-state index contributed by atoms with van der Waals surface area (Å²) in [6, 6.07) is 2.14. The number of halogens is 1. The highest BCUT2D eigenvalue weighted by molar-refractivity contribution is 9.10. The third kappa shape index (κ3) is 7.94. The number of aliphatic hydroxyl groups excluding tert-OH is 2. The number of carbonyl (C=O) groups excluding carboxylic acids is 1. The number of thiophene rings is 1. The van der Waals surface area contributed by atoms with Crippen molar-refractivity contribution >= 4 is 33.0 Å². The molecule has 28 heavy (non-hydrogen) atoms. The second-order valence-corrected chi connectivity index (χ2v) is 10.1. The van der Waals surface area contributed by atoms with Crippen LogP contribution >= 0.6 is 27.3 Å². The highest BCUT2D eigenvalue weighted by Crippen LogP contribution is 2.36. The second-order valence-electron chi connectivity index (χ2n) is 7.88. The van der Waals surface area contributed by atoms with Crippen molar-refractivity contribution in [2.24, 2.45) is 11.8 Å². The molecule has 1 fully saturated rings. The normalized spacial score (nSPS) is 23.8. The van der Waals surface area contributed by atoms with E-state index in [-0.39, 0.29) is 17.8 Å². The van der Waals surface area contributed by atoms with Crippen LogP contribution in [0.15, 0.2) is 34.8 Å². The number of rotatable bonds is 11. The minimum absolute atomic E-state index is 0.225. The molecular weight excluding hydrogens is 436 g/mol. The van der Waals surface area contributed by atoms with Gasteiger partial charge in [0, 0.05) is 20.6 Å². The van der Waals surface area contributed by atoms with Gasteiger partial charge >= 0.3 is 0 Å². The molecule has 0 bridgehead atoms. The van der Waals surface area contributed by atoms with E-state index in [1.807, 2.05) is 6.08 Å². The first-order valence-electron chi connectivity index (χ1n) is 10.3. The first-order valence-corrected chi connectivity index (χ1v) is 11.9. The van der Waals surface area contributed by atoms with Crippen LogP contribution in [-0.4, -0.2) is 28.2 Å². The van der Waals surface area contributed by atoms with E-state index >= 15 is 0 Å². The summed E-state index contributed by atoms with van der Waals surface area (Å²) < 4.78 is 1.15. The van der Waals surface area contributed by atoms with Gasteiger partial charge in [0.25, 0.3) is 0 Å². The quantitative estimate of drug-likeness (QED) is 0.320. The Kier molecular flexibility index (Phi) is 10.1. The maximum Gasteiger partial charge on any atom is 0.129 e. The lowest BCUT2D eigenvalue weighted by atomic mass is 9.90. The van der Waals surface area contributed by atoms with Gasteiger partial charge in [-0.2, -0.15) is 0 Å². The van der Waals surface area contributed by atoms with Crippen molar-refractivity contribution in [3.05, 3.63) is 44.6 Å². The lowest BCUT2D eigenvalue weighted by Gasteiger charge is -2.18. The summed E-state index contributed by atoms with van der Waals surface area (Å²) in [6.45, 7) is 3.72. The van der Waals surface area contributed by atoms with Crippen molar-refractivity contribution in [2.45, 2.75) is 77.4 Å². The summed E-state index contributed by atoms with van der Waals surface area (Å²) in [5.74, 6) is 0.790. The van der Waals surface area contributed by atoms with Crippen LogP contribution in [0.1, 0.15) is 61.6 Å². The first-order chi connectivity index (χ1) is 13.4. The topological polar surface area (TPSA) is 57.5 Å². The summed E-state index contributed by atoms with van der Waals surface area (Å²) >= 11 is 5.32. The van der Waals surface area contributed by atoms with Crippen molar-refractivity contribution in [2.75, 3.05) is 0 Å². The Morgan fingerprint density at radius 3 is 2.86 bits per heavy atom. The van der Waals surface area contributed by atoms with Gasteiger partial charge < -0.3 is 15.0 Å². The minimum atomic E-state index is -0.443. The Morgan fingerprint density at radius 1 is 1.39 bits per heavy atom. The molecule has 2 rings (SSSR count).